The van der Waals surface area contributed by atoms with Crippen LogP contribution in [0.5, 0.6) is 0 Å². The summed E-state index contributed by atoms with van der Waals surface area (Å²) in [7, 11) is 1.94. The fraction of sp³-hybridized carbons (Fsp3) is 0.556. The number of nitrogens with one attached hydrogen (secondary N) is 1. The molecule has 0 spiro atoms. The smallest absolute Gasteiger partial charge is 0.266 e. The predicted molar refractivity (Wildman–Crippen MR) is 73.9 cm³/mol. The molecule has 0 atom stereocenters. The maximum atomic E-state index is 11.4. The van der Waals surface area contributed by atoms with Gasteiger partial charge in [-0.1, -0.05) is 15.9 Å². The van der Waals surface area contributed by atoms with Crippen molar-refractivity contribution in [3.63, 3.8) is 0 Å². The van der Waals surface area contributed by atoms with Crippen molar-refractivity contribution in [2.75, 3.05) is 17.3 Å². The molecule has 1 rings (SSSR count). The van der Waals surface area contributed by atoms with E-state index in [1.165, 1.54) is 6.33 Å². The van der Waals surface area contributed by atoms with Crippen LogP contribution in [-0.4, -0.2) is 27.9 Å². The molecule has 0 aliphatic rings. The summed E-state index contributed by atoms with van der Waals surface area (Å²) in [5, 5.41) is 0.807. The van der Waals surface area contributed by atoms with Gasteiger partial charge >= 0.3 is 0 Å². The lowest BCUT2D eigenvalue weighted by Gasteiger charge is -2.35. The van der Waals surface area contributed by atoms with Crippen molar-refractivity contribution in [3.8, 4) is 0 Å². The molecule has 84 valence electrons. The van der Waals surface area contributed by atoms with Gasteiger partial charge in [-0.2, -0.15) is 0 Å². The molecular formula is C9H13BrIN3O. The molecule has 0 amide bonds. The Morgan fingerprint density at radius 1 is 1.67 bits per heavy atom. The Morgan fingerprint density at radius 3 is 2.80 bits per heavy atom. The number of nitrogens with zero attached hydrogens (tertiary/aromatic N) is 2. The van der Waals surface area contributed by atoms with E-state index in [0.717, 1.165) is 5.33 Å². The third-order valence-electron chi connectivity index (χ3n) is 2.33. The molecule has 6 heteroatoms. The van der Waals surface area contributed by atoms with Crippen LogP contribution in [0.3, 0.4) is 0 Å². The first-order valence-electron chi connectivity index (χ1n) is 4.43. The second kappa shape index (κ2) is 4.82. The summed E-state index contributed by atoms with van der Waals surface area (Å²) in [5.41, 5.74) is -0.182. The zero-order chi connectivity index (χ0) is 11.6. The van der Waals surface area contributed by atoms with E-state index in [0.29, 0.717) is 9.39 Å². The minimum atomic E-state index is -0.0992. The number of aromatic amines is 1. The van der Waals surface area contributed by atoms with Gasteiger partial charge in [0.25, 0.3) is 5.56 Å². The summed E-state index contributed by atoms with van der Waals surface area (Å²) in [4.78, 5) is 20.2. The van der Waals surface area contributed by atoms with Crippen molar-refractivity contribution in [3.05, 3.63) is 20.3 Å². The van der Waals surface area contributed by atoms with Gasteiger partial charge in [-0.15, -0.1) is 0 Å². The molecule has 0 unspecified atom stereocenters. The van der Waals surface area contributed by atoms with Gasteiger partial charge in [-0.3, -0.25) is 4.79 Å². The highest BCUT2D eigenvalue weighted by molar-refractivity contribution is 14.1. The molecule has 0 radical (unpaired) electrons. The third-order valence-corrected chi connectivity index (χ3v) is 4.68. The number of rotatable bonds is 3. The van der Waals surface area contributed by atoms with Gasteiger partial charge in [-0.05, 0) is 36.4 Å². The number of H-pyrrole nitrogens is 1. The lowest BCUT2D eigenvalue weighted by Crippen LogP contribution is -2.44. The standard InChI is InChI=1S/C9H13BrIN3O/c1-9(2,4-10)14(3)7-6(11)8(15)13-5-12-7/h5H,4H2,1-3H3,(H,12,13,15). The van der Waals surface area contributed by atoms with E-state index in [1.54, 1.807) is 0 Å². The summed E-state index contributed by atoms with van der Waals surface area (Å²) >= 11 is 5.47. The summed E-state index contributed by atoms with van der Waals surface area (Å²) in [6, 6.07) is 0. The molecule has 0 aliphatic carbocycles. The summed E-state index contributed by atoms with van der Waals surface area (Å²) in [5.74, 6) is 0.712. The number of halogens is 2. The Hall–Kier alpha value is -0.110. The largest absolute Gasteiger partial charge is 0.353 e. The Kier molecular flexibility index (Phi) is 4.16. The molecule has 0 saturated heterocycles. The Bertz CT molecular complexity index is 405. The van der Waals surface area contributed by atoms with Crippen molar-refractivity contribution in [1.29, 1.82) is 0 Å². The van der Waals surface area contributed by atoms with Crippen LogP contribution in [-0.2, 0) is 0 Å². The minimum Gasteiger partial charge on any atom is -0.353 e. The summed E-state index contributed by atoms with van der Waals surface area (Å²) in [6.07, 6.45) is 1.43. The molecule has 0 aromatic carbocycles. The molecule has 0 saturated carbocycles. The van der Waals surface area contributed by atoms with Gasteiger partial charge in [0.2, 0.25) is 0 Å². The minimum absolute atomic E-state index is 0.0826. The topological polar surface area (TPSA) is 49.0 Å². The molecule has 4 nitrogen and oxygen atoms in total. The quantitative estimate of drug-likeness (QED) is 0.639. The van der Waals surface area contributed by atoms with Crippen molar-refractivity contribution in [1.82, 2.24) is 9.97 Å². The lowest BCUT2D eigenvalue weighted by molar-refractivity contribution is 0.545. The van der Waals surface area contributed by atoms with E-state index in [2.05, 4.69) is 39.7 Å². The van der Waals surface area contributed by atoms with E-state index >= 15 is 0 Å². The second-order valence-electron chi connectivity index (χ2n) is 3.87. The van der Waals surface area contributed by atoms with Crippen LogP contribution < -0.4 is 10.5 Å². The lowest BCUT2D eigenvalue weighted by atomic mass is 10.1. The molecule has 0 aliphatic heterocycles. The average Bonchev–Trinajstić information content (AvgIpc) is 2.21. The van der Waals surface area contributed by atoms with E-state index in [-0.39, 0.29) is 11.1 Å². The Balaban J connectivity index is 3.17. The zero-order valence-corrected chi connectivity index (χ0v) is 12.6. The average molecular weight is 386 g/mol. The van der Waals surface area contributed by atoms with Gasteiger partial charge in [-0.25, -0.2) is 4.98 Å². The van der Waals surface area contributed by atoms with Crippen molar-refractivity contribution < 1.29 is 0 Å². The van der Waals surface area contributed by atoms with E-state index < -0.39 is 0 Å². The molecular weight excluding hydrogens is 373 g/mol. The highest BCUT2D eigenvalue weighted by Crippen LogP contribution is 2.23. The maximum Gasteiger partial charge on any atom is 0.266 e. The summed E-state index contributed by atoms with van der Waals surface area (Å²) < 4.78 is 0.617. The highest BCUT2D eigenvalue weighted by Gasteiger charge is 2.25. The van der Waals surface area contributed by atoms with E-state index in [1.807, 2.05) is 34.5 Å². The van der Waals surface area contributed by atoms with Crippen LogP contribution in [0, 0.1) is 3.57 Å². The maximum absolute atomic E-state index is 11.4. The number of hydrogen-bond acceptors (Lipinski definition) is 3. The second-order valence-corrected chi connectivity index (χ2v) is 5.51. The number of aromatic nitrogens is 2. The van der Waals surface area contributed by atoms with Gasteiger partial charge in [0, 0.05) is 17.9 Å². The summed E-state index contributed by atoms with van der Waals surface area (Å²) in [6.45, 7) is 4.17. The fourth-order valence-corrected chi connectivity index (χ4v) is 2.02. The Morgan fingerprint density at radius 2 is 2.27 bits per heavy atom. The fourth-order valence-electron chi connectivity index (χ4n) is 0.984. The molecule has 1 aromatic heterocycles. The monoisotopic (exact) mass is 385 g/mol. The van der Waals surface area contributed by atoms with Crippen molar-refractivity contribution >= 4 is 44.3 Å². The first kappa shape index (κ1) is 13.0. The predicted octanol–water partition coefficient (Wildman–Crippen LogP) is 1.98. The first-order valence-corrected chi connectivity index (χ1v) is 6.63. The molecule has 15 heavy (non-hydrogen) atoms. The van der Waals surface area contributed by atoms with Crippen LogP contribution >= 0.6 is 38.5 Å². The van der Waals surface area contributed by atoms with Crippen LogP contribution in [0.25, 0.3) is 0 Å². The molecule has 1 heterocycles. The van der Waals surface area contributed by atoms with Crippen molar-refractivity contribution in [2.24, 2.45) is 0 Å². The number of anilines is 1. The SMILES string of the molecule is CN(c1nc[nH]c(=O)c1I)C(C)(C)CBr. The van der Waals surface area contributed by atoms with Gasteiger partial charge in [0.05, 0.1) is 6.33 Å². The van der Waals surface area contributed by atoms with E-state index in [9.17, 15) is 4.79 Å². The first-order chi connectivity index (χ1) is 6.90. The number of alkyl halides is 1. The Labute approximate surface area is 111 Å². The van der Waals surface area contributed by atoms with Gasteiger partial charge in [0.1, 0.15) is 9.39 Å². The molecule has 0 bridgehead atoms. The van der Waals surface area contributed by atoms with Gasteiger partial charge in [0.15, 0.2) is 0 Å². The molecule has 1 N–H and O–H groups in total. The van der Waals surface area contributed by atoms with Crippen LogP contribution in [0.15, 0.2) is 11.1 Å². The van der Waals surface area contributed by atoms with Crippen LogP contribution in [0.2, 0.25) is 0 Å². The zero-order valence-electron chi connectivity index (χ0n) is 8.84. The highest BCUT2D eigenvalue weighted by atomic mass is 127. The third kappa shape index (κ3) is 2.72. The number of hydrogen-bond donors (Lipinski definition) is 1. The molecule has 1 aromatic rings. The van der Waals surface area contributed by atoms with Crippen LogP contribution in [0.1, 0.15) is 13.8 Å². The molecule has 0 fully saturated rings. The normalized spacial score (nSPS) is 11.5. The van der Waals surface area contributed by atoms with Crippen molar-refractivity contribution in [2.45, 2.75) is 19.4 Å². The van der Waals surface area contributed by atoms with Crippen LogP contribution in [0.4, 0.5) is 5.82 Å². The van der Waals surface area contributed by atoms with Gasteiger partial charge < -0.3 is 9.88 Å². The van der Waals surface area contributed by atoms with E-state index in [4.69, 9.17) is 0 Å².